The molecule has 1 saturated carbocycles. The summed E-state index contributed by atoms with van der Waals surface area (Å²) in [5.74, 6) is 0.326. The predicted octanol–water partition coefficient (Wildman–Crippen LogP) is 3.55. The molecule has 1 aliphatic heterocycles. The van der Waals surface area contributed by atoms with Gasteiger partial charge < -0.3 is 14.5 Å². The number of hydrogen-bond donors (Lipinski definition) is 0. The fourth-order valence-electron chi connectivity index (χ4n) is 4.22. The van der Waals surface area contributed by atoms with Crippen molar-refractivity contribution < 1.29 is 22.7 Å². The average molecular weight is 501 g/mol. The normalized spacial score (nSPS) is 17.2. The number of likely N-dealkylation sites (tertiary alicyclic amines) is 1. The van der Waals surface area contributed by atoms with Gasteiger partial charge in [0.05, 0.1) is 10.5 Å². The molecule has 9 nitrogen and oxygen atoms in total. The molecule has 2 heterocycles. The molecule has 0 N–H and O–H groups in total. The summed E-state index contributed by atoms with van der Waals surface area (Å²) >= 11 is 0. The number of nitrogens with zero attached hydrogens (tertiary/aromatic N) is 4. The van der Waals surface area contributed by atoms with Crippen molar-refractivity contribution >= 4 is 21.8 Å². The maximum Gasteiger partial charge on any atom is 0.410 e. The molecule has 2 fully saturated rings. The van der Waals surface area contributed by atoms with Gasteiger partial charge in [-0.25, -0.2) is 23.2 Å². The van der Waals surface area contributed by atoms with Gasteiger partial charge in [0.2, 0.25) is 0 Å². The quantitative estimate of drug-likeness (QED) is 0.617. The van der Waals surface area contributed by atoms with Crippen LogP contribution in [-0.2, 0) is 14.6 Å². The molecule has 0 spiro atoms. The first-order valence-electron chi connectivity index (χ1n) is 11.9. The molecule has 35 heavy (non-hydrogen) atoms. The summed E-state index contributed by atoms with van der Waals surface area (Å²) in [6.07, 6.45) is 7.26. The van der Waals surface area contributed by atoms with Crippen molar-refractivity contribution in [3.8, 4) is 11.4 Å². The van der Waals surface area contributed by atoms with Crippen molar-refractivity contribution in [1.82, 2.24) is 19.8 Å². The van der Waals surface area contributed by atoms with E-state index >= 15 is 0 Å². The minimum Gasteiger partial charge on any atom is -0.444 e. The van der Waals surface area contributed by atoms with Crippen LogP contribution in [-0.4, -0.2) is 77.2 Å². The van der Waals surface area contributed by atoms with Gasteiger partial charge in [0.25, 0.3) is 5.91 Å². The van der Waals surface area contributed by atoms with Gasteiger partial charge in [-0.1, -0.05) is 0 Å². The molecular formula is C25H32N4O5S. The molecule has 1 aliphatic carbocycles. The van der Waals surface area contributed by atoms with E-state index in [4.69, 9.17) is 4.74 Å². The van der Waals surface area contributed by atoms with Crippen molar-refractivity contribution in [3.05, 3.63) is 42.2 Å². The number of rotatable bonds is 5. The Morgan fingerprint density at radius 3 is 2.00 bits per heavy atom. The van der Waals surface area contributed by atoms with Crippen molar-refractivity contribution in [2.75, 3.05) is 19.3 Å². The largest absolute Gasteiger partial charge is 0.444 e. The molecule has 2 amide bonds. The Labute approximate surface area is 206 Å². The van der Waals surface area contributed by atoms with Crippen molar-refractivity contribution in [1.29, 1.82) is 0 Å². The van der Waals surface area contributed by atoms with E-state index < -0.39 is 15.4 Å². The van der Waals surface area contributed by atoms with Crippen LogP contribution in [0.15, 0.2) is 41.6 Å². The van der Waals surface area contributed by atoms with Crippen molar-refractivity contribution in [2.24, 2.45) is 0 Å². The minimum absolute atomic E-state index is 0.0527. The lowest BCUT2D eigenvalue weighted by Crippen LogP contribution is -2.50. The lowest BCUT2D eigenvalue weighted by atomic mass is 10.0. The molecule has 1 aromatic heterocycles. The number of carbonyl (C=O) groups excluding carboxylic acids is 2. The minimum atomic E-state index is -3.28. The van der Waals surface area contributed by atoms with Gasteiger partial charge >= 0.3 is 6.09 Å². The van der Waals surface area contributed by atoms with Gasteiger partial charge in [-0.05, 0) is 70.7 Å². The molecule has 10 heteroatoms. The van der Waals surface area contributed by atoms with Crippen molar-refractivity contribution in [3.63, 3.8) is 0 Å². The third kappa shape index (κ3) is 6.17. The van der Waals surface area contributed by atoms with E-state index in [1.54, 1.807) is 17.0 Å². The number of piperidine rings is 1. The Kier molecular flexibility index (Phi) is 6.86. The molecular weight excluding hydrogens is 468 g/mol. The monoisotopic (exact) mass is 500 g/mol. The first-order chi connectivity index (χ1) is 16.4. The summed E-state index contributed by atoms with van der Waals surface area (Å²) in [4.78, 5) is 38.4. The van der Waals surface area contributed by atoms with Gasteiger partial charge in [0.15, 0.2) is 15.7 Å². The fraction of sp³-hybridized carbons (Fsp3) is 0.520. The Hall–Kier alpha value is -3.01. The van der Waals surface area contributed by atoms with Crippen LogP contribution < -0.4 is 0 Å². The van der Waals surface area contributed by atoms with Gasteiger partial charge in [-0.15, -0.1) is 0 Å². The molecule has 0 unspecified atom stereocenters. The van der Waals surface area contributed by atoms with E-state index in [1.807, 2.05) is 25.7 Å². The van der Waals surface area contributed by atoms with Gasteiger partial charge in [0, 0.05) is 49.4 Å². The molecule has 0 radical (unpaired) electrons. The zero-order chi connectivity index (χ0) is 25.4. The standard InChI is InChI=1S/C25H32N4O5S/c1-25(2,3)34-24(31)28-13-11-20(12-14-28)29(19-7-8-19)23(30)18-15-26-22(27-16-18)17-5-9-21(10-6-17)35(4,32)33/h5-6,9-10,15-16,19-20H,7-8,11-14H2,1-4H3. The van der Waals surface area contributed by atoms with Crippen LogP contribution >= 0.6 is 0 Å². The summed E-state index contributed by atoms with van der Waals surface area (Å²) in [6.45, 7) is 6.65. The first-order valence-corrected chi connectivity index (χ1v) is 13.7. The van der Waals surface area contributed by atoms with E-state index in [0.29, 0.717) is 42.9 Å². The predicted molar refractivity (Wildman–Crippen MR) is 131 cm³/mol. The molecule has 0 bridgehead atoms. The molecule has 1 saturated heterocycles. The van der Waals surface area contributed by atoms with E-state index in [0.717, 1.165) is 19.1 Å². The highest BCUT2D eigenvalue weighted by molar-refractivity contribution is 7.90. The van der Waals surface area contributed by atoms with Crippen molar-refractivity contribution in [2.45, 2.75) is 69.0 Å². The molecule has 4 rings (SSSR count). The van der Waals surface area contributed by atoms with Crippen LogP contribution in [0.5, 0.6) is 0 Å². The number of aromatic nitrogens is 2. The lowest BCUT2D eigenvalue weighted by Gasteiger charge is -2.39. The molecule has 0 atom stereocenters. The van der Waals surface area contributed by atoms with Gasteiger partial charge in [0.1, 0.15) is 5.60 Å². The number of hydrogen-bond acceptors (Lipinski definition) is 7. The number of carbonyl (C=O) groups is 2. The average Bonchev–Trinajstić information content (AvgIpc) is 3.63. The van der Waals surface area contributed by atoms with E-state index in [1.165, 1.54) is 24.5 Å². The first kappa shape index (κ1) is 25.1. The maximum atomic E-state index is 13.4. The van der Waals surface area contributed by atoms with Crippen LogP contribution in [0.2, 0.25) is 0 Å². The Bertz CT molecular complexity index is 1180. The van der Waals surface area contributed by atoms with Gasteiger partial charge in [-0.3, -0.25) is 4.79 Å². The van der Waals surface area contributed by atoms with Crippen LogP contribution in [0.3, 0.4) is 0 Å². The Morgan fingerprint density at radius 1 is 0.971 bits per heavy atom. The summed E-state index contributed by atoms with van der Waals surface area (Å²) in [5.41, 5.74) is 0.555. The lowest BCUT2D eigenvalue weighted by molar-refractivity contribution is 0.0142. The maximum absolute atomic E-state index is 13.4. The second-order valence-electron chi connectivity index (χ2n) is 10.2. The van der Waals surface area contributed by atoms with Crippen LogP contribution in [0.1, 0.15) is 56.8 Å². The third-order valence-electron chi connectivity index (χ3n) is 6.12. The SMILES string of the molecule is CC(C)(C)OC(=O)N1CCC(N(C(=O)c2cnc(-c3ccc(S(C)(=O)=O)cc3)nc2)C2CC2)CC1. The number of amides is 2. The zero-order valence-electron chi connectivity index (χ0n) is 20.6. The summed E-state index contributed by atoms with van der Waals surface area (Å²) in [5, 5.41) is 0. The van der Waals surface area contributed by atoms with Gasteiger partial charge in [-0.2, -0.15) is 0 Å². The summed E-state index contributed by atoms with van der Waals surface area (Å²) in [6, 6.07) is 6.61. The van der Waals surface area contributed by atoms with E-state index in [-0.39, 0.29) is 29.0 Å². The fourth-order valence-corrected chi connectivity index (χ4v) is 4.85. The zero-order valence-corrected chi connectivity index (χ0v) is 21.4. The second kappa shape index (κ2) is 9.56. The topological polar surface area (TPSA) is 110 Å². The summed E-state index contributed by atoms with van der Waals surface area (Å²) < 4.78 is 28.8. The Balaban J connectivity index is 1.42. The highest BCUT2D eigenvalue weighted by Crippen LogP contribution is 2.33. The van der Waals surface area contributed by atoms with Crippen LogP contribution in [0.4, 0.5) is 4.79 Å². The van der Waals surface area contributed by atoms with E-state index in [9.17, 15) is 18.0 Å². The van der Waals surface area contributed by atoms with Crippen LogP contribution in [0.25, 0.3) is 11.4 Å². The van der Waals surface area contributed by atoms with E-state index in [2.05, 4.69) is 9.97 Å². The van der Waals surface area contributed by atoms with Crippen LogP contribution in [0, 0.1) is 0 Å². The summed E-state index contributed by atoms with van der Waals surface area (Å²) in [7, 11) is -3.28. The Morgan fingerprint density at radius 2 is 1.51 bits per heavy atom. The number of sulfone groups is 1. The molecule has 1 aromatic carbocycles. The molecule has 2 aromatic rings. The smallest absolute Gasteiger partial charge is 0.410 e. The number of ether oxygens (including phenoxy) is 1. The third-order valence-corrected chi connectivity index (χ3v) is 7.25. The molecule has 188 valence electrons. The molecule has 2 aliphatic rings. The second-order valence-corrected chi connectivity index (χ2v) is 12.2. The highest BCUT2D eigenvalue weighted by atomic mass is 32.2. The highest BCUT2D eigenvalue weighted by Gasteiger charge is 2.40. The number of benzene rings is 1.